The number of rotatable bonds is 1. The number of carboxylic acids is 1. The molecule has 4 N–H and O–H groups in total. The van der Waals surface area contributed by atoms with E-state index in [9.17, 15) is 4.79 Å². The van der Waals surface area contributed by atoms with Gasteiger partial charge in [-0.25, -0.2) is 4.79 Å². The summed E-state index contributed by atoms with van der Waals surface area (Å²) in [6, 6.07) is 0. The molecule has 0 rings (SSSR count). The fourth-order valence-electron chi connectivity index (χ4n) is 0. The summed E-state index contributed by atoms with van der Waals surface area (Å²) in [5.41, 5.74) is 0. The van der Waals surface area contributed by atoms with Crippen molar-refractivity contribution >= 4 is 5.97 Å². The predicted octanol–water partition coefficient (Wildman–Crippen LogP) is -1.22. The van der Waals surface area contributed by atoms with Crippen LogP contribution in [-0.4, -0.2) is 27.8 Å². The number of aliphatic hydroxyl groups is 1. The molecule has 0 spiro atoms. The van der Waals surface area contributed by atoms with Crippen LogP contribution < -0.4 is 0 Å². The normalized spacial score (nSPS) is 10.2. The third-order valence-electron chi connectivity index (χ3n) is 0.357. The number of aliphatic carboxylic acids is 1. The zero-order chi connectivity index (χ0) is 5.15. The maximum Gasteiger partial charge on any atom is 0.332 e. The lowest BCUT2D eigenvalue weighted by Gasteiger charge is -1.89. The first-order valence-electron chi connectivity index (χ1n) is 1.55. The van der Waals surface area contributed by atoms with Gasteiger partial charge in [-0.15, -0.1) is 0 Å². The Balaban J connectivity index is -0.000000125. The summed E-state index contributed by atoms with van der Waals surface area (Å²) in [5.74, 6) is -1.19. The lowest BCUT2D eigenvalue weighted by molar-refractivity contribution is -0.145. The van der Waals surface area contributed by atoms with Crippen molar-refractivity contribution in [2.75, 3.05) is 0 Å². The lowest BCUT2D eigenvalue weighted by atomic mass is 10.4. The first-order chi connectivity index (χ1) is 2.64. The second-order valence-corrected chi connectivity index (χ2v) is 1.01. The Morgan fingerprint density at radius 2 is 1.75 bits per heavy atom. The number of carboxylic acid groups (broad SMARTS) is 1. The number of hydrogen-bond acceptors (Lipinski definition) is 2. The molecule has 0 aliphatic carbocycles. The van der Waals surface area contributed by atoms with Crippen LogP contribution in [0.4, 0.5) is 4.70 Å². The van der Waals surface area contributed by atoms with E-state index in [1.165, 1.54) is 6.92 Å². The maximum atomic E-state index is 9.45. The highest BCUT2D eigenvalue weighted by molar-refractivity contribution is 5.71. The Morgan fingerprint density at radius 1 is 1.62 bits per heavy atom. The molecule has 5 heteroatoms. The van der Waals surface area contributed by atoms with Crippen molar-refractivity contribution in [3.8, 4) is 0 Å². The first kappa shape index (κ1) is 15.7. The van der Waals surface area contributed by atoms with Gasteiger partial charge in [-0.3, -0.25) is 4.70 Å². The van der Waals surface area contributed by atoms with Crippen molar-refractivity contribution in [1.29, 1.82) is 0 Å². The molecular weight excluding hydrogens is 119 g/mol. The van der Waals surface area contributed by atoms with E-state index in [1.807, 2.05) is 0 Å². The predicted molar refractivity (Wildman–Crippen MR) is 25.4 cm³/mol. The van der Waals surface area contributed by atoms with Gasteiger partial charge < -0.3 is 15.7 Å². The van der Waals surface area contributed by atoms with E-state index in [0.29, 0.717) is 0 Å². The third-order valence-corrected chi connectivity index (χ3v) is 0.357. The SMILES string of the molecule is CC(O)C(=O)O.F.O. The molecule has 0 saturated heterocycles. The van der Waals surface area contributed by atoms with Crippen molar-refractivity contribution < 1.29 is 25.2 Å². The Labute approximate surface area is 45.4 Å². The summed E-state index contributed by atoms with van der Waals surface area (Å²) in [7, 11) is 0. The van der Waals surface area contributed by atoms with E-state index in [1.54, 1.807) is 0 Å². The van der Waals surface area contributed by atoms with Gasteiger partial charge in [-0.05, 0) is 6.92 Å². The molecule has 1 unspecified atom stereocenters. The van der Waals surface area contributed by atoms with Gasteiger partial charge >= 0.3 is 5.97 Å². The summed E-state index contributed by atoms with van der Waals surface area (Å²) in [5, 5.41) is 15.8. The standard InChI is InChI=1S/C3H6O3.FH.H2O/c1-2(4)3(5)6;;/h2,4H,1H3,(H,5,6);1H;1H2. The van der Waals surface area contributed by atoms with Crippen LogP contribution in [0.5, 0.6) is 0 Å². The first-order valence-corrected chi connectivity index (χ1v) is 1.55. The Kier molecular flexibility index (Phi) is 12.4. The Hall–Kier alpha value is -0.680. The van der Waals surface area contributed by atoms with E-state index < -0.39 is 12.1 Å². The second kappa shape index (κ2) is 6.32. The molecule has 0 aliphatic heterocycles. The molecule has 4 nitrogen and oxygen atoms in total. The summed E-state index contributed by atoms with van der Waals surface area (Å²) < 4.78 is 0. The molecule has 0 amide bonds. The molecule has 0 aromatic heterocycles. The largest absolute Gasteiger partial charge is 0.479 e. The molecular formula is C3H9FO4. The van der Waals surface area contributed by atoms with Crippen molar-refractivity contribution in [3.05, 3.63) is 0 Å². The van der Waals surface area contributed by atoms with Gasteiger partial charge in [0.25, 0.3) is 0 Å². The van der Waals surface area contributed by atoms with E-state index >= 15 is 0 Å². The molecule has 0 aromatic rings. The van der Waals surface area contributed by atoms with Crippen LogP contribution in [0.15, 0.2) is 0 Å². The minimum atomic E-state index is -1.23. The van der Waals surface area contributed by atoms with E-state index in [-0.39, 0.29) is 10.2 Å². The zero-order valence-electron chi connectivity index (χ0n) is 4.29. The monoisotopic (exact) mass is 128 g/mol. The fourth-order valence-corrected chi connectivity index (χ4v) is 0. The van der Waals surface area contributed by atoms with Gasteiger partial charge in [0.05, 0.1) is 0 Å². The number of halogens is 1. The van der Waals surface area contributed by atoms with E-state index in [4.69, 9.17) is 10.2 Å². The van der Waals surface area contributed by atoms with Crippen LogP contribution in [-0.2, 0) is 4.79 Å². The van der Waals surface area contributed by atoms with Crippen LogP contribution >= 0.6 is 0 Å². The summed E-state index contributed by atoms with van der Waals surface area (Å²) in [4.78, 5) is 9.45. The molecule has 0 saturated carbocycles. The van der Waals surface area contributed by atoms with Crippen molar-refractivity contribution in [1.82, 2.24) is 0 Å². The smallest absolute Gasteiger partial charge is 0.332 e. The molecule has 0 aromatic carbocycles. The summed E-state index contributed by atoms with van der Waals surface area (Å²) in [6.07, 6.45) is -1.23. The Bertz CT molecular complexity index is 62.3. The van der Waals surface area contributed by atoms with E-state index in [2.05, 4.69) is 0 Å². The average Bonchev–Trinajstić information content (AvgIpc) is 1.36. The molecule has 0 bridgehead atoms. The maximum absolute atomic E-state index is 9.45. The van der Waals surface area contributed by atoms with Gasteiger partial charge in [0, 0.05) is 0 Å². The van der Waals surface area contributed by atoms with Crippen LogP contribution in [0.25, 0.3) is 0 Å². The van der Waals surface area contributed by atoms with E-state index in [0.717, 1.165) is 0 Å². The Morgan fingerprint density at radius 3 is 1.75 bits per heavy atom. The molecule has 52 valence electrons. The number of hydrogen-bond donors (Lipinski definition) is 2. The minimum absolute atomic E-state index is 0. The fraction of sp³-hybridized carbons (Fsp3) is 0.667. The van der Waals surface area contributed by atoms with Crippen molar-refractivity contribution in [2.45, 2.75) is 13.0 Å². The lowest BCUT2D eigenvalue weighted by Crippen LogP contribution is -2.13. The third kappa shape index (κ3) is 9.01. The van der Waals surface area contributed by atoms with Crippen LogP contribution in [0.3, 0.4) is 0 Å². The van der Waals surface area contributed by atoms with Crippen LogP contribution in [0, 0.1) is 0 Å². The minimum Gasteiger partial charge on any atom is -0.479 e. The summed E-state index contributed by atoms with van der Waals surface area (Å²) >= 11 is 0. The van der Waals surface area contributed by atoms with Gasteiger partial charge in [0.1, 0.15) is 6.10 Å². The molecule has 8 heavy (non-hydrogen) atoms. The van der Waals surface area contributed by atoms with Crippen molar-refractivity contribution in [2.24, 2.45) is 0 Å². The van der Waals surface area contributed by atoms with Crippen LogP contribution in [0.1, 0.15) is 6.92 Å². The van der Waals surface area contributed by atoms with Gasteiger partial charge in [-0.1, -0.05) is 0 Å². The zero-order valence-corrected chi connectivity index (χ0v) is 4.29. The van der Waals surface area contributed by atoms with Crippen molar-refractivity contribution in [3.63, 3.8) is 0 Å². The quantitative estimate of drug-likeness (QED) is 0.463. The second-order valence-electron chi connectivity index (χ2n) is 1.01. The molecule has 0 heterocycles. The molecule has 0 radical (unpaired) electrons. The van der Waals surface area contributed by atoms with Crippen LogP contribution in [0.2, 0.25) is 0 Å². The van der Waals surface area contributed by atoms with Gasteiger partial charge in [0.2, 0.25) is 0 Å². The highest BCUT2D eigenvalue weighted by Gasteiger charge is 2.01. The van der Waals surface area contributed by atoms with Gasteiger partial charge in [0.15, 0.2) is 0 Å². The highest BCUT2D eigenvalue weighted by Crippen LogP contribution is 1.73. The molecule has 0 fully saturated rings. The molecule has 1 atom stereocenters. The number of aliphatic hydroxyl groups excluding tert-OH is 1. The topological polar surface area (TPSA) is 89.0 Å². The average molecular weight is 128 g/mol. The van der Waals surface area contributed by atoms with Gasteiger partial charge in [-0.2, -0.15) is 0 Å². The summed E-state index contributed by atoms with van der Waals surface area (Å²) in [6.45, 7) is 1.20. The number of carbonyl (C=O) groups is 1. The molecule has 0 aliphatic rings. The highest BCUT2D eigenvalue weighted by atomic mass is 19.0.